The Morgan fingerprint density at radius 2 is 1.63 bits per heavy atom. The van der Waals surface area contributed by atoms with Gasteiger partial charge >= 0.3 is 5.97 Å². The third-order valence-electron chi connectivity index (χ3n) is 6.41. The van der Waals surface area contributed by atoms with Crippen LogP contribution in [0.3, 0.4) is 0 Å². The molecule has 0 aromatic heterocycles. The summed E-state index contributed by atoms with van der Waals surface area (Å²) in [6.45, 7) is 1.31. The first-order valence-corrected chi connectivity index (χ1v) is 12.8. The zero-order valence-electron chi connectivity index (χ0n) is 22.2. The summed E-state index contributed by atoms with van der Waals surface area (Å²) in [5.74, 6) is -3.90. The predicted molar refractivity (Wildman–Crippen MR) is 149 cm³/mol. The van der Waals surface area contributed by atoms with Crippen molar-refractivity contribution in [3.63, 3.8) is 0 Å². The fraction of sp³-hybridized carbons (Fsp3) is 0.200. The number of carbonyl (C=O) groups excluding carboxylic acids is 5. The molecule has 4 amide bonds. The minimum Gasteiger partial charge on any atom is -0.481 e. The smallest absolute Gasteiger partial charge is 0.305 e. The quantitative estimate of drug-likeness (QED) is 0.322. The van der Waals surface area contributed by atoms with Crippen LogP contribution in [0.15, 0.2) is 78.9 Å². The van der Waals surface area contributed by atoms with Gasteiger partial charge in [-0.2, -0.15) is 0 Å². The highest BCUT2D eigenvalue weighted by Crippen LogP contribution is 2.36. The van der Waals surface area contributed by atoms with Crippen LogP contribution in [-0.2, 0) is 30.4 Å². The molecule has 11 nitrogen and oxygen atoms in total. The predicted octanol–water partition coefficient (Wildman–Crippen LogP) is 1.83. The van der Waals surface area contributed by atoms with Crippen LogP contribution in [0.4, 0.5) is 11.4 Å². The number of rotatable bonds is 10. The average molecular weight is 557 g/mol. The van der Waals surface area contributed by atoms with Crippen LogP contribution in [0.1, 0.15) is 27.9 Å². The Morgan fingerprint density at radius 3 is 2.29 bits per heavy atom. The molecule has 210 valence electrons. The number of nitrogens with zero attached hydrogens (tertiary/aromatic N) is 2. The first kappa shape index (κ1) is 28.7. The lowest BCUT2D eigenvalue weighted by molar-refractivity contribution is -0.138. The highest BCUT2D eigenvalue weighted by Gasteiger charge is 2.43. The maximum Gasteiger partial charge on any atom is 0.305 e. The van der Waals surface area contributed by atoms with E-state index in [9.17, 15) is 28.8 Å². The normalized spacial score (nSPS) is 15.0. The van der Waals surface area contributed by atoms with Crippen molar-refractivity contribution in [2.24, 2.45) is 0 Å². The van der Waals surface area contributed by atoms with E-state index >= 15 is 0 Å². The molecule has 1 unspecified atom stereocenters. The van der Waals surface area contributed by atoms with E-state index in [1.165, 1.54) is 4.90 Å². The van der Waals surface area contributed by atoms with Gasteiger partial charge in [0.25, 0.3) is 11.8 Å². The van der Waals surface area contributed by atoms with E-state index in [0.29, 0.717) is 11.8 Å². The fourth-order valence-corrected chi connectivity index (χ4v) is 4.58. The Labute approximate surface area is 235 Å². The molecule has 3 N–H and O–H groups in total. The molecule has 0 bridgehead atoms. The second-order valence-electron chi connectivity index (χ2n) is 9.49. The van der Waals surface area contributed by atoms with Crippen molar-refractivity contribution in [1.82, 2.24) is 10.6 Å². The van der Waals surface area contributed by atoms with Crippen molar-refractivity contribution in [2.45, 2.75) is 32.0 Å². The number of carbonyl (C=O) groups is 6. The summed E-state index contributed by atoms with van der Waals surface area (Å²) < 4.78 is 0. The monoisotopic (exact) mass is 556 g/mol. The Kier molecular flexibility index (Phi) is 8.88. The molecule has 1 aliphatic rings. The number of fused-ring (bicyclic) bond motifs is 1. The second kappa shape index (κ2) is 12.7. The van der Waals surface area contributed by atoms with Gasteiger partial charge < -0.3 is 20.5 Å². The molecule has 0 aliphatic carbocycles. The van der Waals surface area contributed by atoms with Crippen LogP contribution in [-0.4, -0.2) is 59.7 Å². The molecule has 0 fully saturated rings. The molecule has 2 atom stereocenters. The van der Waals surface area contributed by atoms with Crippen molar-refractivity contribution in [3.8, 4) is 0 Å². The van der Waals surface area contributed by atoms with E-state index in [2.05, 4.69) is 10.6 Å². The summed E-state index contributed by atoms with van der Waals surface area (Å²) in [5, 5.41) is 13.9. The van der Waals surface area contributed by atoms with Crippen molar-refractivity contribution in [3.05, 3.63) is 95.6 Å². The Bertz CT molecular complexity index is 1490. The number of benzene rings is 3. The van der Waals surface area contributed by atoms with Gasteiger partial charge in [0.05, 0.1) is 30.3 Å². The van der Waals surface area contributed by atoms with E-state index < -0.39 is 54.8 Å². The molecule has 3 aromatic rings. The van der Waals surface area contributed by atoms with Gasteiger partial charge in [-0.15, -0.1) is 0 Å². The van der Waals surface area contributed by atoms with Crippen LogP contribution >= 0.6 is 0 Å². The molecule has 0 saturated carbocycles. The Balaban J connectivity index is 1.70. The highest BCUT2D eigenvalue weighted by atomic mass is 16.4. The van der Waals surface area contributed by atoms with Gasteiger partial charge in [-0.05, 0) is 36.8 Å². The van der Waals surface area contributed by atoms with E-state index in [1.54, 1.807) is 60.7 Å². The number of hydrogen-bond acceptors (Lipinski definition) is 6. The molecule has 11 heteroatoms. The molecule has 1 aliphatic heterocycles. The van der Waals surface area contributed by atoms with Crippen LogP contribution in [0.2, 0.25) is 0 Å². The molecule has 0 saturated heterocycles. The summed E-state index contributed by atoms with van der Waals surface area (Å²) in [7, 11) is 0. The van der Waals surface area contributed by atoms with E-state index in [4.69, 9.17) is 5.11 Å². The van der Waals surface area contributed by atoms with E-state index in [0.717, 1.165) is 10.5 Å². The Morgan fingerprint density at radius 1 is 0.951 bits per heavy atom. The maximum absolute atomic E-state index is 13.9. The summed E-state index contributed by atoms with van der Waals surface area (Å²) in [4.78, 5) is 78.3. The maximum atomic E-state index is 13.9. The zero-order valence-corrected chi connectivity index (χ0v) is 22.2. The Hall–Kier alpha value is -5.32. The number of nitrogens with one attached hydrogen (secondary N) is 2. The van der Waals surface area contributed by atoms with Crippen LogP contribution < -0.4 is 20.4 Å². The van der Waals surface area contributed by atoms with Gasteiger partial charge in [0.2, 0.25) is 11.8 Å². The van der Waals surface area contributed by atoms with Gasteiger partial charge in [-0.1, -0.05) is 60.2 Å². The first-order valence-electron chi connectivity index (χ1n) is 12.8. The molecule has 4 rings (SSSR count). The third kappa shape index (κ3) is 6.82. The van der Waals surface area contributed by atoms with Crippen molar-refractivity contribution >= 4 is 47.3 Å². The number of aldehydes is 1. The van der Waals surface area contributed by atoms with E-state index in [-0.39, 0.29) is 23.4 Å². The third-order valence-corrected chi connectivity index (χ3v) is 6.41. The minimum atomic E-state index is -1.50. The van der Waals surface area contributed by atoms with E-state index in [1.807, 2.05) is 25.1 Å². The number of para-hydroxylation sites is 2. The number of anilines is 2. The van der Waals surface area contributed by atoms with Gasteiger partial charge in [0.1, 0.15) is 12.8 Å². The molecular formula is C30H28N4O7. The fourth-order valence-electron chi connectivity index (χ4n) is 4.58. The summed E-state index contributed by atoms with van der Waals surface area (Å²) in [5.41, 5.74) is 2.45. The molecule has 0 spiro atoms. The standard InChI is InChI=1S/C30H28N4O7/c1-19-8-7-9-20(14-19)15-26(37)34-24-13-6-5-12-23(24)33(17-25(36)31-22(18-35)16-27(38)39)30(41)28(34)32-29(40)21-10-3-2-4-11-21/h2-14,18,22,28H,15-17H2,1H3,(H,31,36)(H,32,40)(H,38,39)/t22-,28?/m0/s1. The molecule has 3 aromatic carbocycles. The number of carboxylic acid groups (broad SMARTS) is 1. The number of carboxylic acids is 1. The lowest BCUT2D eigenvalue weighted by atomic mass is 10.0. The lowest BCUT2D eigenvalue weighted by Crippen LogP contribution is -2.64. The van der Waals surface area contributed by atoms with Gasteiger partial charge in [0.15, 0.2) is 6.17 Å². The largest absolute Gasteiger partial charge is 0.481 e. The molecular weight excluding hydrogens is 528 g/mol. The van der Waals surface area contributed by atoms with Gasteiger partial charge in [-0.3, -0.25) is 33.8 Å². The highest BCUT2D eigenvalue weighted by molar-refractivity contribution is 6.16. The number of amides is 4. The van der Waals surface area contributed by atoms with Crippen molar-refractivity contribution in [1.29, 1.82) is 0 Å². The van der Waals surface area contributed by atoms with Crippen molar-refractivity contribution < 1.29 is 33.9 Å². The molecule has 41 heavy (non-hydrogen) atoms. The minimum absolute atomic E-state index is 0.0578. The van der Waals surface area contributed by atoms with Crippen LogP contribution in [0, 0.1) is 6.92 Å². The second-order valence-corrected chi connectivity index (χ2v) is 9.49. The zero-order chi connectivity index (χ0) is 29.5. The average Bonchev–Trinajstić information content (AvgIpc) is 2.95. The van der Waals surface area contributed by atoms with Crippen LogP contribution in [0.5, 0.6) is 0 Å². The van der Waals surface area contributed by atoms with Crippen LogP contribution in [0.25, 0.3) is 0 Å². The lowest BCUT2D eigenvalue weighted by Gasteiger charge is -2.41. The summed E-state index contributed by atoms with van der Waals surface area (Å²) in [6.07, 6.45) is -1.88. The SMILES string of the molecule is Cc1cccc(CC(=O)N2c3ccccc3N(CC(=O)N[C@H](C=O)CC(=O)O)C(=O)C2NC(=O)c2ccccc2)c1. The topological polar surface area (TPSA) is 153 Å². The summed E-state index contributed by atoms with van der Waals surface area (Å²) >= 11 is 0. The molecule has 0 radical (unpaired) electrons. The van der Waals surface area contributed by atoms with Gasteiger partial charge in [-0.25, -0.2) is 0 Å². The molecule has 1 heterocycles. The summed E-state index contributed by atoms with van der Waals surface area (Å²) in [6, 6.07) is 20.7. The number of hydrogen-bond donors (Lipinski definition) is 3. The first-order chi connectivity index (χ1) is 19.7. The number of aryl methyl sites for hydroxylation is 1. The van der Waals surface area contributed by atoms with Crippen molar-refractivity contribution in [2.75, 3.05) is 16.3 Å². The number of aliphatic carboxylic acids is 1. The van der Waals surface area contributed by atoms with Gasteiger partial charge in [0, 0.05) is 5.56 Å².